The highest BCUT2D eigenvalue weighted by molar-refractivity contribution is 6.22. The number of hydrogen-bond acceptors (Lipinski definition) is 5. The molecule has 0 saturated carbocycles. The van der Waals surface area contributed by atoms with E-state index < -0.39 is 5.97 Å². The molecule has 190 valence electrons. The molecule has 1 aromatic heterocycles. The summed E-state index contributed by atoms with van der Waals surface area (Å²) >= 11 is 0. The van der Waals surface area contributed by atoms with Crippen molar-refractivity contribution in [1.82, 2.24) is 4.98 Å². The number of aromatic hydroxyl groups is 1. The lowest BCUT2D eigenvalue weighted by atomic mass is 9.91. The quantitative estimate of drug-likeness (QED) is 0.244. The van der Waals surface area contributed by atoms with Gasteiger partial charge in [0, 0.05) is 35.6 Å². The molecule has 4 rings (SSSR count). The number of aromatic amines is 1. The lowest BCUT2D eigenvalue weighted by molar-refractivity contribution is -0.120. The third kappa shape index (κ3) is 5.72. The first-order valence-corrected chi connectivity index (χ1v) is 12.0. The Hall–Kier alpha value is -4.39. The van der Waals surface area contributed by atoms with Crippen molar-refractivity contribution in [1.29, 1.82) is 0 Å². The van der Waals surface area contributed by atoms with Crippen molar-refractivity contribution < 1.29 is 19.4 Å². The molecular formula is C30H31N3O4. The van der Waals surface area contributed by atoms with Crippen LogP contribution in [0.2, 0.25) is 0 Å². The second-order valence-electron chi connectivity index (χ2n) is 10.1. The van der Waals surface area contributed by atoms with Gasteiger partial charge in [-0.05, 0) is 41.8 Å². The molecule has 7 nitrogen and oxygen atoms in total. The Balaban J connectivity index is 1.76. The molecule has 4 aromatic rings. The van der Waals surface area contributed by atoms with Crippen LogP contribution in [0, 0.1) is 5.41 Å². The van der Waals surface area contributed by atoms with E-state index in [1.165, 1.54) is 7.11 Å². The summed E-state index contributed by atoms with van der Waals surface area (Å²) in [4.78, 5) is 34.1. The molecule has 0 spiro atoms. The number of esters is 1. The van der Waals surface area contributed by atoms with Crippen molar-refractivity contribution in [3.63, 3.8) is 0 Å². The van der Waals surface area contributed by atoms with Gasteiger partial charge in [-0.3, -0.25) is 4.79 Å². The smallest absolute Gasteiger partial charge is 0.337 e. The minimum atomic E-state index is -0.458. The van der Waals surface area contributed by atoms with Crippen molar-refractivity contribution >= 4 is 39.9 Å². The van der Waals surface area contributed by atoms with Crippen molar-refractivity contribution in [3.8, 4) is 5.88 Å². The zero-order chi connectivity index (χ0) is 26.7. The SMILES string of the molecule is COC(=O)c1ccc2c(C(=Nc3ccc(N(C)C(=O)CC(C)(C)C)cc3)c3ccccc3)c(O)[nH]c2c1. The summed E-state index contributed by atoms with van der Waals surface area (Å²) < 4.78 is 4.82. The maximum atomic E-state index is 12.6. The topological polar surface area (TPSA) is 95.0 Å². The molecule has 0 aliphatic rings. The number of aliphatic imine (C=N–C) groups is 1. The predicted octanol–water partition coefficient (Wildman–Crippen LogP) is 6.23. The van der Waals surface area contributed by atoms with E-state index >= 15 is 0 Å². The molecule has 2 N–H and O–H groups in total. The monoisotopic (exact) mass is 497 g/mol. The van der Waals surface area contributed by atoms with Crippen molar-refractivity contribution in [2.24, 2.45) is 10.4 Å². The normalized spacial score (nSPS) is 12.0. The van der Waals surface area contributed by atoms with E-state index in [0.717, 1.165) is 16.6 Å². The molecule has 0 unspecified atom stereocenters. The molecule has 7 heteroatoms. The van der Waals surface area contributed by atoms with Gasteiger partial charge in [0.05, 0.1) is 29.6 Å². The van der Waals surface area contributed by atoms with Crippen LogP contribution < -0.4 is 4.90 Å². The van der Waals surface area contributed by atoms with Crippen LogP contribution in [0.25, 0.3) is 10.9 Å². The molecule has 0 fully saturated rings. The number of nitrogens with one attached hydrogen (secondary N) is 1. The number of ether oxygens (including phenoxy) is 1. The molecule has 0 aliphatic carbocycles. The Morgan fingerprint density at radius 3 is 2.27 bits per heavy atom. The van der Waals surface area contributed by atoms with Crippen LogP contribution in [0.4, 0.5) is 11.4 Å². The second-order valence-corrected chi connectivity index (χ2v) is 10.1. The molecule has 3 aromatic carbocycles. The lowest BCUT2D eigenvalue weighted by Crippen LogP contribution is -2.29. The number of nitrogens with zero attached hydrogens (tertiary/aromatic N) is 2. The van der Waals surface area contributed by atoms with E-state index in [1.807, 2.05) is 75.4 Å². The third-order valence-corrected chi connectivity index (χ3v) is 6.02. The molecule has 0 saturated heterocycles. The van der Waals surface area contributed by atoms with Crippen LogP contribution in [0.15, 0.2) is 77.8 Å². The van der Waals surface area contributed by atoms with Gasteiger partial charge in [-0.15, -0.1) is 0 Å². The number of hydrogen-bond donors (Lipinski definition) is 2. The minimum Gasteiger partial charge on any atom is -0.494 e. The summed E-state index contributed by atoms with van der Waals surface area (Å²) in [6, 6.07) is 22.1. The molecule has 0 atom stereocenters. The molecule has 37 heavy (non-hydrogen) atoms. The molecule has 0 bridgehead atoms. The fourth-order valence-electron chi connectivity index (χ4n) is 4.12. The Labute approximate surface area is 216 Å². The van der Waals surface area contributed by atoms with E-state index in [0.29, 0.717) is 34.5 Å². The van der Waals surface area contributed by atoms with Crippen molar-refractivity contribution in [2.45, 2.75) is 27.2 Å². The largest absolute Gasteiger partial charge is 0.494 e. The number of rotatable bonds is 6. The first-order valence-electron chi connectivity index (χ1n) is 12.0. The molecule has 0 aliphatic heterocycles. The number of aromatic nitrogens is 1. The Kier molecular flexibility index (Phi) is 7.16. The van der Waals surface area contributed by atoms with Gasteiger partial charge < -0.3 is 19.7 Å². The number of amides is 1. The minimum absolute atomic E-state index is 0.0452. The zero-order valence-corrected chi connectivity index (χ0v) is 21.7. The number of anilines is 1. The average molecular weight is 498 g/mol. The number of H-pyrrole nitrogens is 1. The third-order valence-electron chi connectivity index (χ3n) is 6.02. The lowest BCUT2D eigenvalue weighted by Gasteiger charge is -2.23. The highest BCUT2D eigenvalue weighted by Gasteiger charge is 2.21. The first-order chi connectivity index (χ1) is 17.6. The standard InChI is InChI=1S/C30H31N3O4/c1-30(2,3)18-25(34)33(4)22-14-12-21(13-15-22)31-27(19-9-7-6-8-10-19)26-23-16-11-20(29(36)37-5)17-24(23)32-28(26)35/h6-17,32,35H,18H2,1-5H3. The van der Waals surface area contributed by atoms with Gasteiger partial charge in [0.2, 0.25) is 5.91 Å². The highest BCUT2D eigenvalue weighted by Crippen LogP contribution is 2.33. The van der Waals surface area contributed by atoms with Gasteiger partial charge in [0.15, 0.2) is 5.88 Å². The van der Waals surface area contributed by atoms with E-state index in [-0.39, 0.29) is 17.2 Å². The van der Waals surface area contributed by atoms with Crippen LogP contribution in [0.1, 0.15) is 48.7 Å². The number of carbonyl (C=O) groups excluding carboxylic acids is 2. The summed E-state index contributed by atoms with van der Waals surface area (Å²) in [5.74, 6) is -0.465. The number of methoxy groups -OCH3 is 1. The maximum absolute atomic E-state index is 12.6. The summed E-state index contributed by atoms with van der Waals surface area (Å²) in [7, 11) is 3.10. The average Bonchev–Trinajstić information content (AvgIpc) is 3.20. The number of benzene rings is 3. The van der Waals surface area contributed by atoms with Gasteiger partial charge in [0.1, 0.15) is 0 Å². The summed E-state index contributed by atoms with van der Waals surface area (Å²) in [5, 5.41) is 11.6. The van der Waals surface area contributed by atoms with Gasteiger partial charge in [-0.25, -0.2) is 9.79 Å². The van der Waals surface area contributed by atoms with Gasteiger partial charge >= 0.3 is 5.97 Å². The second kappa shape index (κ2) is 10.3. The fraction of sp³-hybridized carbons (Fsp3) is 0.233. The van der Waals surface area contributed by atoms with Gasteiger partial charge in [-0.2, -0.15) is 0 Å². The van der Waals surface area contributed by atoms with Gasteiger partial charge in [-0.1, -0.05) is 57.2 Å². The predicted molar refractivity (Wildman–Crippen MR) is 147 cm³/mol. The molecule has 0 radical (unpaired) electrons. The Morgan fingerprint density at radius 1 is 0.973 bits per heavy atom. The van der Waals surface area contributed by atoms with E-state index in [2.05, 4.69) is 4.98 Å². The zero-order valence-electron chi connectivity index (χ0n) is 21.7. The molecule has 1 heterocycles. The fourth-order valence-corrected chi connectivity index (χ4v) is 4.12. The number of carbonyl (C=O) groups is 2. The van der Waals surface area contributed by atoms with Crippen LogP contribution in [-0.2, 0) is 9.53 Å². The summed E-state index contributed by atoms with van der Waals surface area (Å²) in [5.41, 5.74) is 4.23. The van der Waals surface area contributed by atoms with Crippen LogP contribution in [-0.4, -0.2) is 41.8 Å². The number of fused-ring (bicyclic) bond motifs is 1. The van der Waals surface area contributed by atoms with Crippen molar-refractivity contribution in [3.05, 3.63) is 89.5 Å². The summed E-state index contributed by atoms with van der Waals surface area (Å²) in [6.45, 7) is 6.12. The Bertz CT molecular complexity index is 1460. The van der Waals surface area contributed by atoms with Crippen LogP contribution in [0.3, 0.4) is 0 Å². The van der Waals surface area contributed by atoms with E-state index in [9.17, 15) is 14.7 Å². The van der Waals surface area contributed by atoms with Crippen LogP contribution in [0.5, 0.6) is 5.88 Å². The van der Waals surface area contributed by atoms with Crippen molar-refractivity contribution in [2.75, 3.05) is 19.1 Å². The van der Waals surface area contributed by atoms with Crippen LogP contribution >= 0.6 is 0 Å². The maximum Gasteiger partial charge on any atom is 0.337 e. The Morgan fingerprint density at radius 2 is 1.65 bits per heavy atom. The molecular weight excluding hydrogens is 466 g/mol. The first kappa shape index (κ1) is 25.7. The van der Waals surface area contributed by atoms with E-state index in [1.54, 1.807) is 30.1 Å². The van der Waals surface area contributed by atoms with Gasteiger partial charge in [0.25, 0.3) is 0 Å². The van der Waals surface area contributed by atoms with E-state index in [4.69, 9.17) is 9.73 Å². The highest BCUT2D eigenvalue weighted by atomic mass is 16.5. The molecule has 1 amide bonds. The summed E-state index contributed by atoms with van der Waals surface area (Å²) in [6.07, 6.45) is 0.444.